The standard InChI is InChI=1S/C16H17Cl2N/c1-3-11-7-9-12(10-8-11)16(19-2)15-13(17)5-4-6-14(15)18/h4-10,16,19H,3H2,1-2H3. The van der Waals surface area contributed by atoms with E-state index in [0.717, 1.165) is 17.5 Å². The average Bonchev–Trinajstić information content (AvgIpc) is 2.43. The Hall–Kier alpha value is -1.02. The van der Waals surface area contributed by atoms with Gasteiger partial charge in [-0.2, -0.15) is 0 Å². The summed E-state index contributed by atoms with van der Waals surface area (Å²) in [5, 5.41) is 4.66. The van der Waals surface area contributed by atoms with E-state index in [1.807, 2.05) is 25.2 Å². The van der Waals surface area contributed by atoms with E-state index in [1.165, 1.54) is 5.56 Å². The molecule has 0 spiro atoms. The molecule has 3 heteroatoms. The van der Waals surface area contributed by atoms with Gasteiger partial charge in [-0.25, -0.2) is 0 Å². The largest absolute Gasteiger partial charge is 0.309 e. The van der Waals surface area contributed by atoms with Crippen LogP contribution in [0.5, 0.6) is 0 Å². The summed E-state index contributed by atoms with van der Waals surface area (Å²) in [5.41, 5.74) is 3.41. The molecule has 1 atom stereocenters. The second-order valence-electron chi connectivity index (χ2n) is 4.45. The quantitative estimate of drug-likeness (QED) is 0.848. The van der Waals surface area contributed by atoms with Crippen molar-refractivity contribution in [2.24, 2.45) is 0 Å². The van der Waals surface area contributed by atoms with Crippen molar-refractivity contribution in [3.05, 3.63) is 69.2 Å². The molecule has 2 rings (SSSR count). The van der Waals surface area contributed by atoms with Gasteiger partial charge in [-0.05, 0) is 36.7 Å². The van der Waals surface area contributed by atoms with Gasteiger partial charge in [-0.15, -0.1) is 0 Å². The minimum absolute atomic E-state index is 0.00658. The maximum Gasteiger partial charge on any atom is 0.0603 e. The van der Waals surface area contributed by atoms with Crippen molar-refractivity contribution in [2.45, 2.75) is 19.4 Å². The summed E-state index contributed by atoms with van der Waals surface area (Å²) in [4.78, 5) is 0. The zero-order chi connectivity index (χ0) is 13.8. The van der Waals surface area contributed by atoms with Crippen LogP contribution in [0, 0.1) is 0 Å². The van der Waals surface area contributed by atoms with Crippen molar-refractivity contribution in [1.29, 1.82) is 0 Å². The Kier molecular flexibility index (Phi) is 4.87. The van der Waals surface area contributed by atoms with E-state index >= 15 is 0 Å². The highest BCUT2D eigenvalue weighted by molar-refractivity contribution is 6.36. The number of halogens is 2. The summed E-state index contributed by atoms with van der Waals surface area (Å²) in [6, 6.07) is 14.1. The maximum absolute atomic E-state index is 6.29. The zero-order valence-electron chi connectivity index (χ0n) is 11.1. The van der Waals surface area contributed by atoms with E-state index < -0.39 is 0 Å². The van der Waals surface area contributed by atoms with Crippen LogP contribution in [0.25, 0.3) is 0 Å². The van der Waals surface area contributed by atoms with E-state index in [9.17, 15) is 0 Å². The number of hydrogen-bond acceptors (Lipinski definition) is 1. The minimum Gasteiger partial charge on any atom is -0.309 e. The van der Waals surface area contributed by atoms with E-state index in [2.05, 4.69) is 36.5 Å². The van der Waals surface area contributed by atoms with Gasteiger partial charge < -0.3 is 5.32 Å². The second kappa shape index (κ2) is 6.42. The molecular weight excluding hydrogens is 277 g/mol. The third-order valence-electron chi connectivity index (χ3n) is 3.30. The molecule has 0 saturated carbocycles. The predicted molar refractivity (Wildman–Crippen MR) is 83.2 cm³/mol. The van der Waals surface area contributed by atoms with Gasteiger partial charge in [-0.1, -0.05) is 60.5 Å². The van der Waals surface area contributed by atoms with Crippen LogP contribution in [0.3, 0.4) is 0 Å². The number of benzene rings is 2. The molecule has 2 aromatic rings. The molecule has 0 bridgehead atoms. The summed E-state index contributed by atoms with van der Waals surface area (Å²) in [6.07, 6.45) is 1.04. The summed E-state index contributed by atoms with van der Waals surface area (Å²) in [5.74, 6) is 0. The highest BCUT2D eigenvalue weighted by atomic mass is 35.5. The van der Waals surface area contributed by atoms with Gasteiger partial charge in [-0.3, -0.25) is 0 Å². The Balaban J connectivity index is 2.44. The Bertz CT molecular complexity index is 529. The molecule has 1 unspecified atom stereocenters. The first-order valence-electron chi connectivity index (χ1n) is 6.37. The van der Waals surface area contributed by atoms with E-state index in [1.54, 1.807) is 0 Å². The van der Waals surface area contributed by atoms with Crippen LogP contribution in [0.4, 0.5) is 0 Å². The Morgan fingerprint density at radius 3 is 2.05 bits per heavy atom. The smallest absolute Gasteiger partial charge is 0.0603 e. The summed E-state index contributed by atoms with van der Waals surface area (Å²) in [7, 11) is 1.91. The number of aryl methyl sites for hydroxylation is 1. The third kappa shape index (κ3) is 3.11. The highest BCUT2D eigenvalue weighted by Crippen LogP contribution is 2.33. The summed E-state index contributed by atoms with van der Waals surface area (Å²) < 4.78 is 0. The molecule has 19 heavy (non-hydrogen) atoms. The lowest BCUT2D eigenvalue weighted by molar-refractivity contribution is 0.692. The third-order valence-corrected chi connectivity index (χ3v) is 3.96. The van der Waals surface area contributed by atoms with Crippen LogP contribution in [0.15, 0.2) is 42.5 Å². The molecule has 0 radical (unpaired) electrons. The van der Waals surface area contributed by atoms with E-state index in [0.29, 0.717) is 10.0 Å². The molecule has 2 aromatic carbocycles. The van der Waals surface area contributed by atoms with Crippen molar-refractivity contribution >= 4 is 23.2 Å². The zero-order valence-corrected chi connectivity index (χ0v) is 12.6. The van der Waals surface area contributed by atoms with Crippen molar-refractivity contribution in [3.63, 3.8) is 0 Å². The number of nitrogens with one attached hydrogen (secondary N) is 1. The molecule has 0 amide bonds. The van der Waals surface area contributed by atoms with Gasteiger partial charge >= 0.3 is 0 Å². The van der Waals surface area contributed by atoms with Gasteiger partial charge in [0.25, 0.3) is 0 Å². The van der Waals surface area contributed by atoms with Gasteiger partial charge in [0.1, 0.15) is 0 Å². The molecule has 100 valence electrons. The van der Waals surface area contributed by atoms with Crippen LogP contribution in [-0.2, 0) is 6.42 Å². The van der Waals surface area contributed by atoms with Crippen LogP contribution in [0.2, 0.25) is 10.0 Å². The van der Waals surface area contributed by atoms with Gasteiger partial charge in [0, 0.05) is 15.6 Å². The maximum atomic E-state index is 6.29. The first-order chi connectivity index (χ1) is 9.17. The molecular formula is C16H17Cl2N. The SMILES string of the molecule is CCc1ccc(C(NC)c2c(Cl)cccc2Cl)cc1. The topological polar surface area (TPSA) is 12.0 Å². The summed E-state index contributed by atoms with van der Waals surface area (Å²) in [6.45, 7) is 2.15. The van der Waals surface area contributed by atoms with Crippen LogP contribution >= 0.6 is 23.2 Å². The first-order valence-corrected chi connectivity index (χ1v) is 7.13. The Morgan fingerprint density at radius 2 is 1.58 bits per heavy atom. The van der Waals surface area contributed by atoms with Crippen molar-refractivity contribution < 1.29 is 0 Å². The van der Waals surface area contributed by atoms with Gasteiger partial charge in [0.05, 0.1) is 6.04 Å². The minimum atomic E-state index is 0.00658. The van der Waals surface area contributed by atoms with Gasteiger partial charge in [0.15, 0.2) is 0 Å². The average molecular weight is 294 g/mol. The first kappa shape index (κ1) is 14.4. The number of rotatable bonds is 4. The lowest BCUT2D eigenvalue weighted by Crippen LogP contribution is -2.18. The van der Waals surface area contributed by atoms with Gasteiger partial charge in [0.2, 0.25) is 0 Å². The highest BCUT2D eigenvalue weighted by Gasteiger charge is 2.18. The molecule has 1 nitrogen and oxygen atoms in total. The molecule has 0 saturated heterocycles. The fourth-order valence-corrected chi connectivity index (χ4v) is 2.83. The Morgan fingerprint density at radius 1 is 1.00 bits per heavy atom. The normalized spacial score (nSPS) is 12.4. The van der Waals surface area contributed by atoms with Crippen molar-refractivity contribution in [2.75, 3.05) is 7.05 Å². The van der Waals surface area contributed by atoms with Crippen molar-refractivity contribution in [1.82, 2.24) is 5.32 Å². The molecule has 0 aliphatic carbocycles. The monoisotopic (exact) mass is 293 g/mol. The second-order valence-corrected chi connectivity index (χ2v) is 5.27. The van der Waals surface area contributed by atoms with Crippen molar-refractivity contribution in [3.8, 4) is 0 Å². The van der Waals surface area contributed by atoms with E-state index in [-0.39, 0.29) is 6.04 Å². The fraction of sp³-hybridized carbons (Fsp3) is 0.250. The molecule has 0 heterocycles. The molecule has 0 aliphatic rings. The van der Waals surface area contributed by atoms with Crippen LogP contribution < -0.4 is 5.32 Å². The molecule has 0 aliphatic heterocycles. The molecule has 0 fully saturated rings. The van der Waals surface area contributed by atoms with Crippen LogP contribution in [-0.4, -0.2) is 7.05 Å². The van der Waals surface area contributed by atoms with Crippen LogP contribution in [0.1, 0.15) is 29.7 Å². The molecule has 1 N–H and O–H groups in total. The van der Waals surface area contributed by atoms with E-state index in [4.69, 9.17) is 23.2 Å². The number of hydrogen-bond donors (Lipinski definition) is 1. The predicted octanol–water partition coefficient (Wildman–Crippen LogP) is 4.86. The summed E-state index contributed by atoms with van der Waals surface area (Å²) >= 11 is 12.6. The fourth-order valence-electron chi connectivity index (χ4n) is 2.21. The molecule has 0 aromatic heterocycles. The lowest BCUT2D eigenvalue weighted by atomic mass is 9.97. The Labute approximate surface area is 124 Å². The lowest BCUT2D eigenvalue weighted by Gasteiger charge is -2.20.